The Labute approximate surface area is 133 Å². The van der Waals surface area contributed by atoms with E-state index in [0.717, 1.165) is 12.8 Å². The van der Waals surface area contributed by atoms with Crippen molar-refractivity contribution in [1.29, 1.82) is 0 Å². The number of carbonyl (C=O) groups excluding carboxylic acids is 2. The fourth-order valence-corrected chi connectivity index (χ4v) is 3.65. The van der Waals surface area contributed by atoms with Crippen molar-refractivity contribution in [2.75, 3.05) is 24.7 Å². The molecular weight excluding hydrogens is 304 g/mol. The van der Waals surface area contributed by atoms with E-state index in [1.807, 2.05) is 13.8 Å². The first-order chi connectivity index (χ1) is 10.6. The van der Waals surface area contributed by atoms with E-state index in [9.17, 15) is 9.59 Å². The highest BCUT2D eigenvalue weighted by atomic mass is 32.2. The fourth-order valence-electron chi connectivity index (χ4n) is 2.75. The highest BCUT2D eigenvalue weighted by Crippen LogP contribution is 2.31. The lowest BCUT2D eigenvalue weighted by Crippen LogP contribution is -2.41. The van der Waals surface area contributed by atoms with Crippen LogP contribution in [0.4, 0.5) is 0 Å². The molecule has 0 radical (unpaired) electrons. The molecule has 0 aliphatic carbocycles. The number of rotatable bonds is 4. The molecule has 2 fully saturated rings. The summed E-state index contributed by atoms with van der Waals surface area (Å²) >= 11 is 1.54. The lowest BCUT2D eigenvalue weighted by Gasteiger charge is -2.24. The SMILES string of the molecule is CC(C)c1nc([C@H]2CCCN2C(=O)CN2CSCC2=O)no1. The van der Waals surface area contributed by atoms with Gasteiger partial charge in [0.25, 0.3) is 0 Å². The van der Waals surface area contributed by atoms with Gasteiger partial charge in [0.05, 0.1) is 17.7 Å². The molecule has 0 aromatic carbocycles. The molecule has 3 heterocycles. The van der Waals surface area contributed by atoms with Gasteiger partial charge in [-0.25, -0.2) is 0 Å². The monoisotopic (exact) mass is 324 g/mol. The summed E-state index contributed by atoms with van der Waals surface area (Å²) in [5, 5.41) is 4.03. The Kier molecular flexibility index (Phi) is 4.37. The summed E-state index contributed by atoms with van der Waals surface area (Å²) in [7, 11) is 0. The minimum atomic E-state index is -0.130. The third-order valence-corrected chi connectivity index (χ3v) is 4.92. The van der Waals surface area contributed by atoms with Gasteiger partial charge in [0, 0.05) is 12.5 Å². The van der Waals surface area contributed by atoms with Gasteiger partial charge in [-0.3, -0.25) is 9.59 Å². The molecule has 7 nitrogen and oxygen atoms in total. The summed E-state index contributed by atoms with van der Waals surface area (Å²) in [5.74, 6) is 2.43. The summed E-state index contributed by atoms with van der Waals surface area (Å²) < 4.78 is 5.25. The summed E-state index contributed by atoms with van der Waals surface area (Å²) in [5.41, 5.74) is 0. The van der Waals surface area contributed by atoms with E-state index in [2.05, 4.69) is 10.1 Å². The van der Waals surface area contributed by atoms with Crippen molar-refractivity contribution >= 4 is 23.6 Å². The van der Waals surface area contributed by atoms with Gasteiger partial charge >= 0.3 is 0 Å². The Morgan fingerprint density at radius 1 is 1.50 bits per heavy atom. The minimum Gasteiger partial charge on any atom is -0.339 e. The van der Waals surface area contributed by atoms with Gasteiger partial charge in [-0.2, -0.15) is 4.98 Å². The van der Waals surface area contributed by atoms with Gasteiger partial charge < -0.3 is 14.3 Å². The van der Waals surface area contributed by atoms with Crippen molar-refractivity contribution in [1.82, 2.24) is 19.9 Å². The van der Waals surface area contributed by atoms with Crippen LogP contribution in [0.15, 0.2) is 4.52 Å². The molecule has 2 aliphatic heterocycles. The summed E-state index contributed by atoms with van der Waals surface area (Å²) in [6, 6.07) is -0.130. The molecule has 8 heteroatoms. The number of thioether (sulfide) groups is 1. The van der Waals surface area contributed by atoms with Crippen molar-refractivity contribution in [2.45, 2.75) is 38.6 Å². The molecule has 22 heavy (non-hydrogen) atoms. The summed E-state index contributed by atoms with van der Waals surface area (Å²) in [6.07, 6.45) is 1.76. The van der Waals surface area contributed by atoms with Crippen LogP contribution in [0.1, 0.15) is 50.4 Å². The third kappa shape index (κ3) is 2.97. The zero-order chi connectivity index (χ0) is 15.7. The first-order valence-electron chi connectivity index (χ1n) is 7.54. The smallest absolute Gasteiger partial charge is 0.242 e. The van der Waals surface area contributed by atoms with Crippen LogP contribution in [0.5, 0.6) is 0 Å². The van der Waals surface area contributed by atoms with Crippen molar-refractivity contribution in [3.05, 3.63) is 11.7 Å². The molecule has 0 spiro atoms. The number of hydrogen-bond donors (Lipinski definition) is 0. The molecule has 1 atom stereocenters. The first kappa shape index (κ1) is 15.3. The van der Waals surface area contributed by atoms with E-state index < -0.39 is 0 Å². The highest BCUT2D eigenvalue weighted by molar-refractivity contribution is 8.00. The Bertz CT molecular complexity index is 574. The summed E-state index contributed by atoms with van der Waals surface area (Å²) in [4.78, 5) is 32.0. The van der Waals surface area contributed by atoms with Gasteiger partial charge in [0.1, 0.15) is 6.54 Å². The Morgan fingerprint density at radius 3 is 2.95 bits per heavy atom. The molecule has 0 bridgehead atoms. The molecule has 0 N–H and O–H groups in total. The second kappa shape index (κ2) is 6.28. The maximum atomic E-state index is 12.5. The van der Waals surface area contributed by atoms with Crippen LogP contribution in [-0.4, -0.2) is 56.5 Å². The third-order valence-electron chi connectivity index (χ3n) is 3.97. The van der Waals surface area contributed by atoms with Crippen LogP contribution in [0.3, 0.4) is 0 Å². The number of nitrogens with zero attached hydrogens (tertiary/aromatic N) is 4. The maximum absolute atomic E-state index is 12.5. The predicted octanol–water partition coefficient (Wildman–Crippen LogP) is 1.39. The molecular formula is C14H20N4O3S. The largest absolute Gasteiger partial charge is 0.339 e. The van der Waals surface area contributed by atoms with Gasteiger partial charge in [-0.05, 0) is 12.8 Å². The molecule has 2 aliphatic rings. The number of amides is 2. The molecule has 1 aromatic rings. The number of aromatic nitrogens is 2. The standard InChI is InChI=1S/C14H20N4O3S/c1-9(2)14-15-13(16-21-14)10-4-3-5-18(10)11(19)6-17-8-22-7-12(17)20/h9-10H,3-8H2,1-2H3/t10-/m1/s1. The van der Waals surface area contributed by atoms with Crippen LogP contribution < -0.4 is 0 Å². The van der Waals surface area contributed by atoms with Crippen LogP contribution in [-0.2, 0) is 9.59 Å². The molecule has 2 saturated heterocycles. The Hall–Kier alpha value is -1.57. The van der Waals surface area contributed by atoms with Crippen LogP contribution in [0.25, 0.3) is 0 Å². The topological polar surface area (TPSA) is 79.5 Å². The average Bonchev–Trinajstić information content (AvgIpc) is 3.18. The molecule has 120 valence electrons. The van der Waals surface area contributed by atoms with E-state index in [4.69, 9.17) is 4.52 Å². The number of carbonyl (C=O) groups is 2. The highest BCUT2D eigenvalue weighted by Gasteiger charge is 2.35. The van der Waals surface area contributed by atoms with Crippen molar-refractivity contribution < 1.29 is 14.1 Å². The molecule has 2 amide bonds. The quantitative estimate of drug-likeness (QED) is 0.833. The molecule has 1 aromatic heterocycles. The lowest BCUT2D eigenvalue weighted by atomic mass is 10.2. The zero-order valence-electron chi connectivity index (χ0n) is 12.8. The van der Waals surface area contributed by atoms with Gasteiger partial charge in [0.2, 0.25) is 17.7 Å². The lowest BCUT2D eigenvalue weighted by molar-refractivity contribution is -0.138. The minimum absolute atomic E-state index is 0.0331. The van der Waals surface area contributed by atoms with E-state index in [0.29, 0.717) is 29.9 Å². The fraction of sp³-hybridized carbons (Fsp3) is 0.714. The summed E-state index contributed by atoms with van der Waals surface area (Å²) in [6.45, 7) is 4.82. The van der Waals surface area contributed by atoms with Crippen LogP contribution in [0.2, 0.25) is 0 Å². The van der Waals surface area contributed by atoms with Gasteiger partial charge in [-0.1, -0.05) is 19.0 Å². The van der Waals surface area contributed by atoms with Crippen molar-refractivity contribution in [2.24, 2.45) is 0 Å². The van der Waals surface area contributed by atoms with Gasteiger partial charge in [-0.15, -0.1) is 11.8 Å². The van der Waals surface area contributed by atoms with Crippen molar-refractivity contribution in [3.8, 4) is 0 Å². The maximum Gasteiger partial charge on any atom is 0.242 e. The van der Waals surface area contributed by atoms with E-state index in [1.165, 1.54) is 0 Å². The van der Waals surface area contributed by atoms with E-state index in [-0.39, 0.29) is 30.3 Å². The Morgan fingerprint density at radius 2 is 2.32 bits per heavy atom. The van der Waals surface area contributed by atoms with E-state index in [1.54, 1.807) is 21.6 Å². The predicted molar refractivity (Wildman–Crippen MR) is 81.1 cm³/mol. The molecule has 3 rings (SSSR count). The van der Waals surface area contributed by atoms with Gasteiger partial charge in [0.15, 0.2) is 5.82 Å². The number of likely N-dealkylation sites (tertiary alicyclic amines) is 1. The molecule has 0 saturated carbocycles. The average molecular weight is 324 g/mol. The number of hydrogen-bond acceptors (Lipinski definition) is 6. The Balaban J connectivity index is 1.69. The second-order valence-corrected chi connectivity index (χ2v) is 6.92. The van der Waals surface area contributed by atoms with E-state index >= 15 is 0 Å². The normalized spacial score (nSPS) is 22.1. The molecule has 0 unspecified atom stereocenters. The second-order valence-electron chi connectivity index (χ2n) is 5.96. The van der Waals surface area contributed by atoms with Crippen LogP contribution >= 0.6 is 11.8 Å². The first-order valence-corrected chi connectivity index (χ1v) is 8.70. The zero-order valence-corrected chi connectivity index (χ0v) is 13.6. The van der Waals surface area contributed by atoms with Crippen molar-refractivity contribution in [3.63, 3.8) is 0 Å². The van der Waals surface area contributed by atoms with Crippen LogP contribution in [0, 0.1) is 0 Å².